The highest BCUT2D eigenvalue weighted by Crippen LogP contribution is 2.15. The van der Waals surface area contributed by atoms with Crippen LogP contribution in [-0.2, 0) is 11.2 Å². The van der Waals surface area contributed by atoms with Gasteiger partial charge in [0.2, 0.25) is 0 Å². The van der Waals surface area contributed by atoms with Crippen LogP contribution in [0.3, 0.4) is 0 Å². The molecule has 2 N–H and O–H groups in total. The first kappa shape index (κ1) is 12.4. The Balaban J connectivity index is 1.70. The van der Waals surface area contributed by atoms with E-state index in [4.69, 9.17) is 4.74 Å². The van der Waals surface area contributed by atoms with Crippen molar-refractivity contribution >= 4 is 5.69 Å². The van der Waals surface area contributed by atoms with Gasteiger partial charge in [0.1, 0.15) is 6.73 Å². The Morgan fingerprint density at radius 2 is 2.29 bits per heavy atom. The van der Waals surface area contributed by atoms with Gasteiger partial charge in [0.05, 0.1) is 6.61 Å². The van der Waals surface area contributed by atoms with Crippen LogP contribution in [0.1, 0.15) is 25.3 Å². The molecule has 0 bridgehead atoms. The third-order valence-corrected chi connectivity index (χ3v) is 3.24. The van der Waals surface area contributed by atoms with E-state index >= 15 is 0 Å². The van der Waals surface area contributed by atoms with Crippen molar-refractivity contribution < 1.29 is 4.74 Å². The Morgan fingerprint density at radius 3 is 3.06 bits per heavy atom. The van der Waals surface area contributed by atoms with Crippen molar-refractivity contribution in [3.63, 3.8) is 0 Å². The molecule has 1 atom stereocenters. The summed E-state index contributed by atoms with van der Waals surface area (Å²) in [7, 11) is 0. The molecule has 1 saturated heterocycles. The molecule has 0 amide bonds. The van der Waals surface area contributed by atoms with Crippen molar-refractivity contribution in [3.8, 4) is 0 Å². The first-order valence-electron chi connectivity index (χ1n) is 6.53. The van der Waals surface area contributed by atoms with Gasteiger partial charge in [0.25, 0.3) is 0 Å². The van der Waals surface area contributed by atoms with Crippen LogP contribution in [-0.4, -0.2) is 25.9 Å². The molecule has 1 heterocycles. The second-order valence-electron chi connectivity index (χ2n) is 4.50. The molecule has 3 nitrogen and oxygen atoms in total. The van der Waals surface area contributed by atoms with Crippen molar-refractivity contribution in [1.29, 1.82) is 0 Å². The third-order valence-electron chi connectivity index (χ3n) is 3.24. The van der Waals surface area contributed by atoms with E-state index < -0.39 is 0 Å². The molecule has 1 aliphatic heterocycles. The first-order chi connectivity index (χ1) is 8.40. The Morgan fingerprint density at radius 1 is 1.41 bits per heavy atom. The quantitative estimate of drug-likeness (QED) is 0.585. The van der Waals surface area contributed by atoms with E-state index in [2.05, 4.69) is 41.8 Å². The minimum atomic E-state index is 0.554. The summed E-state index contributed by atoms with van der Waals surface area (Å²) < 4.78 is 5.65. The van der Waals surface area contributed by atoms with E-state index in [0.717, 1.165) is 19.6 Å². The largest absolute Gasteiger partial charge is 0.362 e. The first-order valence-corrected chi connectivity index (χ1v) is 6.53. The molecule has 94 valence electrons. The standard InChI is InChI=1S/C14H22N2O/c1-2-12-6-3-4-8-14(12)16-11-17-10-13-7-5-9-15-13/h3-4,6,8,13,15-16H,2,5,7,9-11H2,1H3. The molecule has 0 saturated carbocycles. The average molecular weight is 234 g/mol. The molecule has 3 heteroatoms. The molecule has 0 aliphatic carbocycles. The molecule has 0 radical (unpaired) electrons. The second-order valence-corrected chi connectivity index (χ2v) is 4.50. The zero-order valence-electron chi connectivity index (χ0n) is 10.5. The lowest BCUT2D eigenvalue weighted by atomic mass is 10.1. The van der Waals surface area contributed by atoms with Crippen LogP contribution in [0, 0.1) is 0 Å². The monoisotopic (exact) mass is 234 g/mol. The lowest BCUT2D eigenvalue weighted by Crippen LogP contribution is -2.27. The van der Waals surface area contributed by atoms with Gasteiger partial charge in [-0.1, -0.05) is 25.1 Å². The predicted molar refractivity (Wildman–Crippen MR) is 71.3 cm³/mol. The maximum atomic E-state index is 5.65. The minimum Gasteiger partial charge on any atom is -0.362 e. The number of rotatable bonds is 6. The van der Waals surface area contributed by atoms with E-state index in [9.17, 15) is 0 Å². The molecule has 1 aromatic carbocycles. The van der Waals surface area contributed by atoms with E-state index in [1.54, 1.807) is 0 Å². The van der Waals surface area contributed by atoms with E-state index in [1.807, 2.05) is 0 Å². The smallest absolute Gasteiger partial charge is 0.116 e. The lowest BCUT2D eigenvalue weighted by Gasteiger charge is -2.13. The highest BCUT2D eigenvalue weighted by molar-refractivity contribution is 5.50. The molecule has 0 spiro atoms. The zero-order valence-corrected chi connectivity index (χ0v) is 10.5. The maximum Gasteiger partial charge on any atom is 0.116 e. The van der Waals surface area contributed by atoms with Gasteiger partial charge in [-0.25, -0.2) is 0 Å². The van der Waals surface area contributed by atoms with Crippen molar-refractivity contribution in [2.75, 3.05) is 25.2 Å². The van der Waals surface area contributed by atoms with Gasteiger partial charge in [-0.3, -0.25) is 0 Å². The van der Waals surface area contributed by atoms with Gasteiger partial charge in [0, 0.05) is 11.7 Å². The van der Waals surface area contributed by atoms with E-state index in [0.29, 0.717) is 12.8 Å². The topological polar surface area (TPSA) is 33.3 Å². The summed E-state index contributed by atoms with van der Waals surface area (Å²) in [5.41, 5.74) is 2.53. The molecular formula is C14H22N2O. The number of hydrogen-bond acceptors (Lipinski definition) is 3. The number of para-hydroxylation sites is 1. The highest BCUT2D eigenvalue weighted by Gasteiger charge is 2.13. The number of aryl methyl sites for hydroxylation is 1. The molecule has 1 aromatic rings. The minimum absolute atomic E-state index is 0.554. The lowest BCUT2D eigenvalue weighted by molar-refractivity contribution is 0.132. The molecule has 0 aromatic heterocycles. The molecule has 17 heavy (non-hydrogen) atoms. The van der Waals surface area contributed by atoms with Gasteiger partial charge in [0.15, 0.2) is 0 Å². The van der Waals surface area contributed by atoms with Crippen LogP contribution in [0.15, 0.2) is 24.3 Å². The maximum absolute atomic E-state index is 5.65. The Bertz CT molecular complexity index is 335. The fourth-order valence-corrected chi connectivity index (χ4v) is 2.23. The number of nitrogens with one attached hydrogen (secondary N) is 2. The Kier molecular flexibility index (Phi) is 4.83. The summed E-state index contributed by atoms with van der Waals surface area (Å²) >= 11 is 0. The van der Waals surface area contributed by atoms with Crippen molar-refractivity contribution in [1.82, 2.24) is 5.32 Å². The average Bonchev–Trinajstić information content (AvgIpc) is 2.88. The van der Waals surface area contributed by atoms with Gasteiger partial charge >= 0.3 is 0 Å². The summed E-state index contributed by atoms with van der Waals surface area (Å²) in [6.07, 6.45) is 3.57. The van der Waals surface area contributed by atoms with Crippen LogP contribution >= 0.6 is 0 Å². The predicted octanol–water partition coefficient (Wildman–Crippen LogP) is 2.39. The fraction of sp³-hybridized carbons (Fsp3) is 0.571. The number of hydrogen-bond donors (Lipinski definition) is 2. The Hall–Kier alpha value is -1.06. The Labute approximate surface area is 104 Å². The number of benzene rings is 1. The summed E-state index contributed by atoms with van der Waals surface area (Å²) in [6.45, 7) is 4.71. The SMILES string of the molecule is CCc1ccccc1NCOCC1CCCN1. The van der Waals surface area contributed by atoms with Crippen molar-refractivity contribution in [2.24, 2.45) is 0 Å². The highest BCUT2D eigenvalue weighted by atomic mass is 16.5. The van der Waals surface area contributed by atoms with Crippen LogP contribution in [0.2, 0.25) is 0 Å². The van der Waals surface area contributed by atoms with Gasteiger partial charge in [-0.05, 0) is 37.4 Å². The van der Waals surface area contributed by atoms with Crippen LogP contribution in [0.25, 0.3) is 0 Å². The number of ether oxygens (including phenoxy) is 1. The summed E-state index contributed by atoms with van der Waals surface area (Å²) in [6, 6.07) is 8.95. The van der Waals surface area contributed by atoms with Crippen LogP contribution in [0.4, 0.5) is 5.69 Å². The summed E-state index contributed by atoms with van der Waals surface area (Å²) in [4.78, 5) is 0. The van der Waals surface area contributed by atoms with Gasteiger partial charge < -0.3 is 15.4 Å². The van der Waals surface area contributed by atoms with Crippen molar-refractivity contribution in [2.45, 2.75) is 32.2 Å². The second kappa shape index (κ2) is 6.62. The van der Waals surface area contributed by atoms with Crippen molar-refractivity contribution in [3.05, 3.63) is 29.8 Å². The van der Waals surface area contributed by atoms with E-state index in [1.165, 1.54) is 24.1 Å². The normalized spacial score (nSPS) is 19.5. The molecular weight excluding hydrogens is 212 g/mol. The van der Waals surface area contributed by atoms with Crippen LogP contribution in [0.5, 0.6) is 0 Å². The molecule has 2 rings (SSSR count). The number of anilines is 1. The van der Waals surface area contributed by atoms with Gasteiger partial charge in [-0.2, -0.15) is 0 Å². The molecule has 1 unspecified atom stereocenters. The molecule has 1 fully saturated rings. The fourth-order valence-electron chi connectivity index (χ4n) is 2.23. The summed E-state index contributed by atoms with van der Waals surface area (Å²) in [5, 5.41) is 6.76. The summed E-state index contributed by atoms with van der Waals surface area (Å²) in [5.74, 6) is 0. The molecule has 1 aliphatic rings. The van der Waals surface area contributed by atoms with Crippen LogP contribution < -0.4 is 10.6 Å². The van der Waals surface area contributed by atoms with Gasteiger partial charge in [-0.15, -0.1) is 0 Å². The van der Waals surface area contributed by atoms with E-state index in [-0.39, 0.29) is 0 Å². The zero-order chi connectivity index (χ0) is 11.9. The third kappa shape index (κ3) is 3.72.